The average molecular weight is 474 g/mol. The molecule has 0 saturated carbocycles. The molecule has 2 heterocycles. The minimum absolute atomic E-state index is 0.0136. The zero-order valence-corrected chi connectivity index (χ0v) is 20.2. The summed E-state index contributed by atoms with van der Waals surface area (Å²) in [7, 11) is 1.61. The number of piperidine rings is 1. The van der Waals surface area contributed by atoms with Crippen molar-refractivity contribution >= 4 is 11.8 Å². The highest BCUT2D eigenvalue weighted by Gasteiger charge is 2.28. The Labute approximate surface area is 206 Å². The van der Waals surface area contributed by atoms with Crippen LogP contribution in [0.5, 0.6) is 11.5 Å². The highest BCUT2D eigenvalue weighted by atomic mass is 16.5. The van der Waals surface area contributed by atoms with Crippen LogP contribution in [0.2, 0.25) is 0 Å². The highest BCUT2D eigenvalue weighted by molar-refractivity contribution is 5.96. The predicted molar refractivity (Wildman–Crippen MR) is 134 cm³/mol. The van der Waals surface area contributed by atoms with Crippen molar-refractivity contribution in [2.75, 3.05) is 33.4 Å². The molecule has 0 bridgehead atoms. The van der Waals surface area contributed by atoms with Gasteiger partial charge >= 0.3 is 0 Å². The molecule has 0 aliphatic carbocycles. The summed E-state index contributed by atoms with van der Waals surface area (Å²) in [6.07, 6.45) is 1.52. The Morgan fingerprint density at radius 2 is 1.69 bits per heavy atom. The van der Waals surface area contributed by atoms with Crippen molar-refractivity contribution in [1.29, 1.82) is 0 Å². The number of methoxy groups -OCH3 is 1. The van der Waals surface area contributed by atoms with Gasteiger partial charge in [0.25, 0.3) is 11.8 Å². The molecule has 4 rings (SSSR count). The first kappa shape index (κ1) is 24.3. The molecule has 1 aromatic heterocycles. The average Bonchev–Trinajstić information content (AvgIpc) is 2.91. The number of para-hydroxylation sites is 1. The fourth-order valence-corrected chi connectivity index (χ4v) is 4.30. The summed E-state index contributed by atoms with van der Waals surface area (Å²) in [5.41, 5.74) is 2.93. The van der Waals surface area contributed by atoms with E-state index in [0.29, 0.717) is 37.4 Å². The zero-order valence-electron chi connectivity index (χ0n) is 20.2. The minimum atomic E-state index is -0.152. The summed E-state index contributed by atoms with van der Waals surface area (Å²) in [5.74, 6) is 1.48. The topological polar surface area (TPSA) is 80.8 Å². The van der Waals surface area contributed by atoms with Crippen LogP contribution in [0.4, 0.5) is 0 Å². The number of aryl methyl sites for hydroxylation is 1. The third kappa shape index (κ3) is 6.18. The zero-order chi connectivity index (χ0) is 24.6. The Morgan fingerprint density at radius 1 is 0.971 bits per heavy atom. The predicted octanol–water partition coefficient (Wildman–Crippen LogP) is 4.23. The van der Waals surface area contributed by atoms with Crippen molar-refractivity contribution in [3.05, 3.63) is 89.2 Å². The lowest BCUT2D eigenvalue weighted by molar-refractivity contribution is 0.0710. The number of aromatic nitrogens is 1. The van der Waals surface area contributed by atoms with E-state index in [4.69, 9.17) is 14.5 Å². The van der Waals surface area contributed by atoms with E-state index in [1.807, 2.05) is 54.3 Å². The molecule has 1 N–H and O–H groups in total. The standard InChI is InChI=1S/C28H31N3O4/c1-20-8-13-25(27(32)29-16-19-35-24-6-4-3-5-7-24)26(30-20)21-14-17-31(18-15-21)28(33)22-9-11-23(34-2)12-10-22/h3-13,21H,14-19H2,1-2H3,(H,29,32). The Morgan fingerprint density at radius 3 is 2.37 bits per heavy atom. The molecule has 182 valence electrons. The molecule has 35 heavy (non-hydrogen) atoms. The molecule has 1 aliphatic rings. The molecule has 0 spiro atoms. The minimum Gasteiger partial charge on any atom is -0.497 e. The third-order valence-corrected chi connectivity index (χ3v) is 6.21. The van der Waals surface area contributed by atoms with Gasteiger partial charge in [-0.2, -0.15) is 0 Å². The smallest absolute Gasteiger partial charge is 0.253 e. The van der Waals surface area contributed by atoms with Gasteiger partial charge in [-0.05, 0) is 68.3 Å². The Hall–Kier alpha value is -3.87. The van der Waals surface area contributed by atoms with Gasteiger partial charge < -0.3 is 19.7 Å². The van der Waals surface area contributed by atoms with Gasteiger partial charge in [0.1, 0.15) is 18.1 Å². The molecule has 7 nitrogen and oxygen atoms in total. The van der Waals surface area contributed by atoms with Gasteiger partial charge in [0.2, 0.25) is 0 Å². The second kappa shape index (κ2) is 11.5. The van der Waals surface area contributed by atoms with E-state index in [0.717, 1.165) is 35.7 Å². The number of benzene rings is 2. The van der Waals surface area contributed by atoms with E-state index in [1.54, 1.807) is 31.4 Å². The van der Waals surface area contributed by atoms with Crippen LogP contribution in [0.1, 0.15) is 50.9 Å². The monoisotopic (exact) mass is 473 g/mol. The van der Waals surface area contributed by atoms with Crippen LogP contribution in [0, 0.1) is 6.92 Å². The second-order valence-corrected chi connectivity index (χ2v) is 8.60. The van der Waals surface area contributed by atoms with E-state index < -0.39 is 0 Å². The molecule has 2 amide bonds. The number of nitrogens with zero attached hydrogens (tertiary/aromatic N) is 2. The normalized spacial score (nSPS) is 13.8. The summed E-state index contributed by atoms with van der Waals surface area (Å²) in [6, 6.07) is 20.4. The van der Waals surface area contributed by atoms with Crippen LogP contribution in [-0.2, 0) is 0 Å². The summed E-state index contributed by atoms with van der Waals surface area (Å²) in [5, 5.41) is 2.95. The molecular formula is C28H31N3O4. The Bertz CT molecular complexity index is 1140. The number of amides is 2. The van der Waals surface area contributed by atoms with Crippen molar-refractivity contribution in [2.45, 2.75) is 25.7 Å². The summed E-state index contributed by atoms with van der Waals surface area (Å²) in [4.78, 5) is 32.5. The van der Waals surface area contributed by atoms with E-state index in [1.165, 1.54) is 0 Å². The molecule has 0 atom stereocenters. The van der Waals surface area contributed by atoms with Crippen molar-refractivity contribution in [1.82, 2.24) is 15.2 Å². The number of ether oxygens (including phenoxy) is 2. The maximum atomic E-state index is 13.0. The van der Waals surface area contributed by atoms with Crippen LogP contribution in [0.3, 0.4) is 0 Å². The number of pyridine rings is 1. The summed E-state index contributed by atoms with van der Waals surface area (Å²) >= 11 is 0. The first-order valence-corrected chi connectivity index (χ1v) is 11.9. The van der Waals surface area contributed by atoms with Crippen LogP contribution >= 0.6 is 0 Å². The summed E-state index contributed by atoms with van der Waals surface area (Å²) < 4.78 is 10.8. The molecule has 1 saturated heterocycles. The third-order valence-electron chi connectivity index (χ3n) is 6.21. The lowest BCUT2D eigenvalue weighted by Gasteiger charge is -2.32. The van der Waals surface area contributed by atoms with Gasteiger partial charge in [0.05, 0.1) is 24.9 Å². The maximum absolute atomic E-state index is 13.0. The Balaban J connectivity index is 1.35. The number of likely N-dealkylation sites (tertiary alicyclic amines) is 1. The second-order valence-electron chi connectivity index (χ2n) is 8.60. The molecule has 1 fully saturated rings. The van der Waals surface area contributed by atoms with Gasteiger partial charge in [0, 0.05) is 30.3 Å². The molecule has 0 unspecified atom stereocenters. The van der Waals surface area contributed by atoms with E-state index >= 15 is 0 Å². The first-order valence-electron chi connectivity index (χ1n) is 11.9. The lowest BCUT2D eigenvalue weighted by atomic mass is 9.89. The van der Waals surface area contributed by atoms with Gasteiger partial charge in [0.15, 0.2) is 0 Å². The maximum Gasteiger partial charge on any atom is 0.253 e. The summed E-state index contributed by atoms with van der Waals surface area (Å²) in [6.45, 7) is 3.96. The highest BCUT2D eigenvalue weighted by Crippen LogP contribution is 2.30. The lowest BCUT2D eigenvalue weighted by Crippen LogP contribution is -2.38. The van der Waals surface area contributed by atoms with Gasteiger partial charge in [-0.1, -0.05) is 18.2 Å². The molecule has 7 heteroatoms. The van der Waals surface area contributed by atoms with Crippen molar-refractivity contribution in [3.8, 4) is 11.5 Å². The van der Waals surface area contributed by atoms with Crippen LogP contribution in [-0.4, -0.2) is 55.0 Å². The SMILES string of the molecule is COc1ccc(C(=O)N2CCC(c3nc(C)ccc3C(=O)NCCOc3ccccc3)CC2)cc1. The van der Waals surface area contributed by atoms with Gasteiger partial charge in [-0.25, -0.2) is 0 Å². The number of hydrogen-bond acceptors (Lipinski definition) is 5. The number of hydrogen-bond donors (Lipinski definition) is 1. The van der Waals surface area contributed by atoms with Crippen LogP contribution in [0.25, 0.3) is 0 Å². The first-order chi connectivity index (χ1) is 17.0. The molecule has 0 radical (unpaired) electrons. The van der Waals surface area contributed by atoms with Crippen molar-refractivity contribution in [2.24, 2.45) is 0 Å². The van der Waals surface area contributed by atoms with Gasteiger partial charge in [-0.15, -0.1) is 0 Å². The van der Waals surface area contributed by atoms with E-state index in [9.17, 15) is 9.59 Å². The number of carbonyl (C=O) groups is 2. The molecule has 2 aromatic carbocycles. The number of nitrogens with one attached hydrogen (secondary N) is 1. The largest absolute Gasteiger partial charge is 0.497 e. The van der Waals surface area contributed by atoms with Gasteiger partial charge in [-0.3, -0.25) is 14.6 Å². The van der Waals surface area contributed by atoms with Crippen LogP contribution < -0.4 is 14.8 Å². The fourth-order valence-electron chi connectivity index (χ4n) is 4.30. The van der Waals surface area contributed by atoms with E-state index in [2.05, 4.69) is 5.32 Å². The number of rotatable bonds is 8. The van der Waals surface area contributed by atoms with Crippen molar-refractivity contribution in [3.63, 3.8) is 0 Å². The van der Waals surface area contributed by atoms with Crippen molar-refractivity contribution < 1.29 is 19.1 Å². The Kier molecular flexibility index (Phi) is 7.98. The van der Waals surface area contributed by atoms with E-state index in [-0.39, 0.29) is 17.7 Å². The number of carbonyl (C=O) groups excluding carboxylic acids is 2. The fraction of sp³-hybridized carbons (Fsp3) is 0.321. The molecular weight excluding hydrogens is 442 g/mol. The quantitative estimate of drug-likeness (QED) is 0.496. The molecule has 1 aliphatic heterocycles. The van der Waals surface area contributed by atoms with Crippen LogP contribution in [0.15, 0.2) is 66.7 Å². The molecule has 3 aromatic rings.